The summed E-state index contributed by atoms with van der Waals surface area (Å²) < 4.78 is 0. The number of hydrogen-bond acceptors (Lipinski definition) is 1. The van der Waals surface area contributed by atoms with Crippen LogP contribution in [-0.4, -0.2) is 26.9 Å². The van der Waals surface area contributed by atoms with Gasteiger partial charge in [-0.3, -0.25) is 4.79 Å². The summed E-state index contributed by atoms with van der Waals surface area (Å²) in [5.41, 5.74) is 1.47. The van der Waals surface area contributed by atoms with Crippen LogP contribution in [-0.2, 0) is 0 Å². The van der Waals surface area contributed by atoms with Crippen molar-refractivity contribution in [2.75, 3.05) is 0 Å². The molecule has 0 N–H and O–H groups in total. The molecular weight excluding hydrogens is 315 g/mol. The van der Waals surface area contributed by atoms with Gasteiger partial charge < -0.3 is 0 Å². The zero-order valence-corrected chi connectivity index (χ0v) is 13.0. The van der Waals surface area contributed by atoms with Crippen molar-refractivity contribution in [2.24, 2.45) is 0 Å². The Morgan fingerprint density at radius 1 is 0.765 bits per heavy atom. The maximum atomic E-state index is 11.8. The number of hydrogen-bond donors (Lipinski definition) is 0. The predicted molar refractivity (Wildman–Crippen MR) is 73.8 cm³/mol. The van der Waals surface area contributed by atoms with E-state index < -0.39 is 0 Å². The summed E-state index contributed by atoms with van der Waals surface area (Å²) in [4.78, 5) is 16.4. The average Bonchev–Trinajstić information content (AvgIpc) is 2.41. The van der Waals surface area contributed by atoms with Crippen molar-refractivity contribution >= 4 is 26.9 Å². The van der Waals surface area contributed by atoms with Crippen molar-refractivity contribution in [3.05, 3.63) is 71.8 Å². The van der Waals surface area contributed by atoms with Gasteiger partial charge >= 0.3 is 31.0 Å². The molecule has 0 aliphatic carbocycles. The Kier molecular flexibility index (Phi) is 6.63. The molecule has 0 aliphatic heterocycles. The van der Waals surface area contributed by atoms with Gasteiger partial charge in [-0.05, 0) is 0 Å². The fraction of sp³-hybridized carbons (Fsp3) is 0.133. The van der Waals surface area contributed by atoms with E-state index in [9.17, 15) is 4.79 Å². The fourth-order valence-corrected chi connectivity index (χ4v) is 1.35. The second-order valence-electron chi connectivity index (χ2n) is 3.56. The standard InChI is InChI=1S/C13H10O.2CH3.Sn/c14-13(11-7-3-1-4-8-11)12-9-5-2-6-10-12;;;/h1-10H;2*1H3;. The Hall–Kier alpha value is -1.09. The third kappa shape index (κ3) is 4.73. The van der Waals surface area contributed by atoms with Gasteiger partial charge in [0.1, 0.15) is 0 Å². The summed E-state index contributed by atoms with van der Waals surface area (Å²) in [5.74, 6) is 0.0752. The maximum absolute atomic E-state index is 11.8. The summed E-state index contributed by atoms with van der Waals surface area (Å²) in [6.07, 6.45) is 0. The van der Waals surface area contributed by atoms with Crippen molar-refractivity contribution in [1.82, 2.24) is 0 Å². The van der Waals surface area contributed by atoms with Gasteiger partial charge in [0.2, 0.25) is 0 Å². The molecule has 0 saturated heterocycles. The van der Waals surface area contributed by atoms with Gasteiger partial charge in [-0.25, -0.2) is 0 Å². The van der Waals surface area contributed by atoms with Crippen molar-refractivity contribution in [3.8, 4) is 0 Å². The molecule has 2 heteroatoms. The van der Waals surface area contributed by atoms with Crippen LogP contribution in [0.15, 0.2) is 60.7 Å². The van der Waals surface area contributed by atoms with Gasteiger partial charge in [-0.2, -0.15) is 0 Å². The molecular formula is C15H16OSn. The molecule has 0 aliphatic rings. The molecule has 0 amide bonds. The molecule has 0 bridgehead atoms. The fourth-order valence-electron chi connectivity index (χ4n) is 1.35. The first-order chi connectivity index (χ1) is 8.29. The van der Waals surface area contributed by atoms with E-state index in [0.717, 1.165) is 11.1 Å². The number of rotatable bonds is 2. The van der Waals surface area contributed by atoms with Gasteiger partial charge in [-0.1, -0.05) is 60.7 Å². The van der Waals surface area contributed by atoms with Crippen LogP contribution >= 0.6 is 0 Å². The molecule has 0 unspecified atom stereocenters. The van der Waals surface area contributed by atoms with E-state index in [1.54, 1.807) is 0 Å². The number of ketones is 1. The van der Waals surface area contributed by atoms with E-state index in [-0.39, 0.29) is 26.9 Å². The van der Waals surface area contributed by atoms with E-state index in [1.807, 2.05) is 60.7 Å². The molecule has 0 atom stereocenters. The van der Waals surface area contributed by atoms with Crippen molar-refractivity contribution in [2.45, 2.75) is 9.88 Å². The zero-order chi connectivity index (χ0) is 12.5. The Labute approximate surface area is 113 Å². The van der Waals surface area contributed by atoms with Gasteiger partial charge in [-0.15, -0.1) is 0 Å². The third-order valence-corrected chi connectivity index (χ3v) is 2.07. The Bertz CT molecular complexity index is 395. The number of benzene rings is 2. The van der Waals surface area contributed by atoms with E-state index in [0.29, 0.717) is 0 Å². The van der Waals surface area contributed by atoms with E-state index in [2.05, 4.69) is 9.88 Å². The molecule has 1 nitrogen and oxygen atoms in total. The minimum absolute atomic E-state index is 0.0752. The van der Waals surface area contributed by atoms with Crippen LogP contribution in [0.4, 0.5) is 0 Å². The van der Waals surface area contributed by atoms with Gasteiger partial charge in [0, 0.05) is 11.1 Å². The Morgan fingerprint density at radius 3 is 1.35 bits per heavy atom. The summed E-state index contributed by atoms with van der Waals surface area (Å²) in [5, 5.41) is 0. The van der Waals surface area contributed by atoms with Gasteiger partial charge in [0.05, 0.1) is 0 Å². The number of carbonyl (C=O) groups excluding carboxylic acids is 1. The first-order valence-corrected chi connectivity index (χ1v) is 11.2. The van der Waals surface area contributed by atoms with E-state index in [1.165, 1.54) is 0 Å². The molecule has 0 aromatic heterocycles. The summed E-state index contributed by atoms with van der Waals surface area (Å²) in [6.45, 7) is 0. The molecule has 0 heterocycles. The molecule has 2 aromatic carbocycles. The topological polar surface area (TPSA) is 17.1 Å². The summed E-state index contributed by atoms with van der Waals surface area (Å²) in [6, 6.07) is 18.6. The summed E-state index contributed by atoms with van der Waals surface area (Å²) >= 11 is 0.230. The van der Waals surface area contributed by atoms with Gasteiger partial charge in [0.15, 0.2) is 5.78 Å². The quantitative estimate of drug-likeness (QED) is 0.606. The Balaban J connectivity index is 0.000000437. The second-order valence-corrected chi connectivity index (χ2v) is 6.42. The van der Waals surface area contributed by atoms with Crippen molar-refractivity contribution in [3.63, 3.8) is 0 Å². The molecule has 0 spiro atoms. The first kappa shape index (κ1) is 14.0. The molecule has 17 heavy (non-hydrogen) atoms. The normalized spacial score (nSPS) is 9.06. The van der Waals surface area contributed by atoms with E-state index >= 15 is 0 Å². The molecule has 0 fully saturated rings. The SMILES string of the molecule is O=C(c1ccccc1)c1ccccc1.[CH3][Sn][CH3]. The minimum atomic E-state index is 0.0752. The van der Waals surface area contributed by atoms with Crippen LogP contribution in [0.5, 0.6) is 0 Å². The molecule has 2 radical (unpaired) electrons. The van der Waals surface area contributed by atoms with E-state index in [4.69, 9.17) is 0 Å². The van der Waals surface area contributed by atoms with Crippen LogP contribution in [0, 0.1) is 0 Å². The molecule has 86 valence electrons. The van der Waals surface area contributed by atoms with Crippen LogP contribution in [0.25, 0.3) is 0 Å². The van der Waals surface area contributed by atoms with Crippen LogP contribution in [0.1, 0.15) is 15.9 Å². The molecule has 0 saturated carbocycles. The van der Waals surface area contributed by atoms with Crippen LogP contribution < -0.4 is 0 Å². The van der Waals surface area contributed by atoms with Crippen molar-refractivity contribution in [1.29, 1.82) is 0 Å². The Morgan fingerprint density at radius 2 is 1.06 bits per heavy atom. The summed E-state index contributed by atoms with van der Waals surface area (Å²) in [7, 11) is 0. The zero-order valence-electron chi connectivity index (χ0n) is 10.2. The van der Waals surface area contributed by atoms with Crippen LogP contribution in [0.3, 0.4) is 0 Å². The monoisotopic (exact) mass is 332 g/mol. The third-order valence-electron chi connectivity index (χ3n) is 2.07. The average molecular weight is 331 g/mol. The molecule has 2 rings (SSSR count). The number of carbonyl (C=O) groups is 1. The van der Waals surface area contributed by atoms with Crippen molar-refractivity contribution < 1.29 is 4.79 Å². The predicted octanol–water partition coefficient (Wildman–Crippen LogP) is 3.70. The van der Waals surface area contributed by atoms with Crippen LogP contribution in [0.2, 0.25) is 9.88 Å². The second kappa shape index (κ2) is 8.07. The van der Waals surface area contributed by atoms with Gasteiger partial charge in [0.25, 0.3) is 0 Å². The molecule has 2 aromatic rings. The first-order valence-electron chi connectivity index (χ1n) is 5.53.